The summed E-state index contributed by atoms with van der Waals surface area (Å²) in [7, 11) is 0. The Balaban J connectivity index is 2.15. The molecule has 6 nitrogen and oxygen atoms in total. The van der Waals surface area contributed by atoms with Gasteiger partial charge in [0.25, 0.3) is 5.91 Å². The van der Waals surface area contributed by atoms with Crippen LogP contribution in [0.2, 0.25) is 0 Å². The molecule has 0 aliphatic heterocycles. The van der Waals surface area contributed by atoms with Crippen LogP contribution in [0.3, 0.4) is 0 Å². The molecule has 6 heteroatoms. The van der Waals surface area contributed by atoms with Gasteiger partial charge in [0.2, 0.25) is 0 Å². The zero-order valence-corrected chi connectivity index (χ0v) is 12.3. The first-order chi connectivity index (χ1) is 10.2. The number of imidazole rings is 1. The fourth-order valence-electron chi connectivity index (χ4n) is 2.12. The summed E-state index contributed by atoms with van der Waals surface area (Å²) < 4.78 is 0. The number of carbonyl (C=O) groups is 1. The second-order valence-electron chi connectivity index (χ2n) is 4.74. The number of nitrogens with two attached hydrogens (primary N) is 1. The molecule has 112 valence electrons. The summed E-state index contributed by atoms with van der Waals surface area (Å²) in [6.45, 7) is 4.54. The standard InChI is InChI=1S/C15H21N5O/c1-3-12(14-18-7-8-19-14)20-13-6-5-10(9-11(13)16)15(21)17-4-2/h5-9,12,20H,3-4,16H2,1-2H3,(H,17,21)(H,18,19). The van der Waals surface area contributed by atoms with Gasteiger partial charge in [-0.2, -0.15) is 0 Å². The summed E-state index contributed by atoms with van der Waals surface area (Å²) in [5.41, 5.74) is 7.94. The summed E-state index contributed by atoms with van der Waals surface area (Å²) in [5.74, 6) is 0.749. The number of nitrogens with zero attached hydrogens (tertiary/aromatic N) is 1. The van der Waals surface area contributed by atoms with Crippen molar-refractivity contribution < 1.29 is 4.79 Å². The highest BCUT2D eigenvalue weighted by Gasteiger charge is 2.14. The molecule has 0 bridgehead atoms. The number of rotatable bonds is 6. The molecule has 0 aliphatic rings. The SMILES string of the molecule is CCNC(=O)c1ccc(NC(CC)c2ncc[nH]2)c(N)c1. The van der Waals surface area contributed by atoms with E-state index in [1.54, 1.807) is 24.5 Å². The number of carbonyl (C=O) groups excluding carboxylic acids is 1. The monoisotopic (exact) mass is 287 g/mol. The average Bonchev–Trinajstić information content (AvgIpc) is 3.00. The minimum Gasteiger partial charge on any atom is -0.397 e. The van der Waals surface area contributed by atoms with Crippen LogP contribution >= 0.6 is 0 Å². The minimum atomic E-state index is -0.117. The normalized spacial score (nSPS) is 11.9. The lowest BCUT2D eigenvalue weighted by atomic mass is 10.1. The van der Waals surface area contributed by atoms with Gasteiger partial charge in [0.05, 0.1) is 17.4 Å². The first-order valence-corrected chi connectivity index (χ1v) is 7.09. The van der Waals surface area contributed by atoms with E-state index >= 15 is 0 Å². The lowest BCUT2D eigenvalue weighted by molar-refractivity contribution is 0.0956. The zero-order chi connectivity index (χ0) is 15.2. The smallest absolute Gasteiger partial charge is 0.251 e. The highest BCUT2D eigenvalue weighted by atomic mass is 16.1. The van der Waals surface area contributed by atoms with Crippen LogP contribution in [0.4, 0.5) is 11.4 Å². The maximum absolute atomic E-state index is 11.8. The van der Waals surface area contributed by atoms with E-state index in [9.17, 15) is 4.79 Å². The number of hydrogen-bond acceptors (Lipinski definition) is 4. The first kappa shape index (κ1) is 14.9. The van der Waals surface area contributed by atoms with Crippen LogP contribution in [-0.4, -0.2) is 22.4 Å². The Morgan fingerprint density at radius 3 is 2.81 bits per heavy atom. The summed E-state index contributed by atoms with van der Waals surface area (Å²) in [6.07, 6.45) is 4.38. The number of anilines is 2. The molecule has 0 fully saturated rings. The maximum atomic E-state index is 11.8. The number of hydrogen-bond donors (Lipinski definition) is 4. The van der Waals surface area contributed by atoms with Crippen molar-refractivity contribution in [2.75, 3.05) is 17.6 Å². The highest BCUT2D eigenvalue weighted by molar-refractivity contribution is 5.96. The second-order valence-corrected chi connectivity index (χ2v) is 4.74. The van der Waals surface area contributed by atoms with Gasteiger partial charge in [0.1, 0.15) is 5.82 Å². The molecule has 1 aromatic heterocycles. The molecule has 0 radical (unpaired) electrons. The molecule has 0 saturated heterocycles. The van der Waals surface area contributed by atoms with Gasteiger partial charge in [-0.3, -0.25) is 4.79 Å². The van der Waals surface area contributed by atoms with Crippen molar-refractivity contribution in [3.05, 3.63) is 42.0 Å². The van der Waals surface area contributed by atoms with Crippen molar-refractivity contribution in [3.63, 3.8) is 0 Å². The van der Waals surface area contributed by atoms with Gasteiger partial charge in [-0.15, -0.1) is 0 Å². The molecule has 1 unspecified atom stereocenters. The van der Waals surface area contributed by atoms with E-state index in [-0.39, 0.29) is 11.9 Å². The predicted octanol–water partition coefficient (Wildman–Crippen LogP) is 2.30. The molecule has 0 spiro atoms. The molecule has 2 rings (SSSR count). The van der Waals surface area contributed by atoms with Gasteiger partial charge in [0, 0.05) is 24.5 Å². The number of aromatic amines is 1. The molecule has 1 amide bonds. The molecular formula is C15H21N5O. The number of benzene rings is 1. The number of amides is 1. The fraction of sp³-hybridized carbons (Fsp3) is 0.333. The van der Waals surface area contributed by atoms with Gasteiger partial charge in [0.15, 0.2) is 0 Å². The predicted molar refractivity (Wildman–Crippen MR) is 84.1 cm³/mol. The van der Waals surface area contributed by atoms with Crippen LogP contribution in [-0.2, 0) is 0 Å². The number of nitrogens with one attached hydrogen (secondary N) is 3. The highest BCUT2D eigenvalue weighted by Crippen LogP contribution is 2.25. The zero-order valence-electron chi connectivity index (χ0n) is 12.3. The largest absolute Gasteiger partial charge is 0.397 e. The van der Waals surface area contributed by atoms with Crippen LogP contribution in [0.15, 0.2) is 30.6 Å². The fourth-order valence-corrected chi connectivity index (χ4v) is 2.12. The Morgan fingerprint density at radius 2 is 2.24 bits per heavy atom. The molecule has 1 atom stereocenters. The Bertz CT molecular complexity index is 594. The molecule has 5 N–H and O–H groups in total. The van der Waals surface area contributed by atoms with E-state index in [1.807, 2.05) is 13.0 Å². The number of nitrogen functional groups attached to an aromatic ring is 1. The Labute approximate surface area is 124 Å². The van der Waals surface area contributed by atoms with Crippen molar-refractivity contribution in [2.45, 2.75) is 26.3 Å². The Hall–Kier alpha value is -2.50. The lowest BCUT2D eigenvalue weighted by Gasteiger charge is -2.18. The topological polar surface area (TPSA) is 95.8 Å². The average molecular weight is 287 g/mol. The van der Waals surface area contributed by atoms with E-state index in [2.05, 4.69) is 27.5 Å². The van der Waals surface area contributed by atoms with Gasteiger partial charge >= 0.3 is 0 Å². The third kappa shape index (κ3) is 3.53. The van der Waals surface area contributed by atoms with Crippen molar-refractivity contribution in [3.8, 4) is 0 Å². The van der Waals surface area contributed by atoms with Gasteiger partial charge < -0.3 is 21.4 Å². The molecule has 2 aromatic rings. The molecule has 0 aliphatic carbocycles. The summed E-state index contributed by atoms with van der Waals surface area (Å²) in [4.78, 5) is 19.1. The molecule has 1 heterocycles. The van der Waals surface area contributed by atoms with Crippen molar-refractivity contribution in [1.29, 1.82) is 0 Å². The van der Waals surface area contributed by atoms with E-state index in [1.165, 1.54) is 0 Å². The van der Waals surface area contributed by atoms with Crippen LogP contribution in [0, 0.1) is 0 Å². The summed E-state index contributed by atoms with van der Waals surface area (Å²) in [5, 5.41) is 6.10. The second kappa shape index (κ2) is 6.78. The lowest BCUT2D eigenvalue weighted by Crippen LogP contribution is -2.22. The van der Waals surface area contributed by atoms with E-state index < -0.39 is 0 Å². The molecular weight excluding hydrogens is 266 g/mol. The van der Waals surface area contributed by atoms with E-state index in [4.69, 9.17) is 5.73 Å². The van der Waals surface area contributed by atoms with Crippen molar-refractivity contribution in [1.82, 2.24) is 15.3 Å². The van der Waals surface area contributed by atoms with Gasteiger partial charge in [-0.25, -0.2) is 4.98 Å². The quantitative estimate of drug-likeness (QED) is 0.613. The Morgan fingerprint density at radius 1 is 1.43 bits per heavy atom. The van der Waals surface area contributed by atoms with E-state index in [0.717, 1.165) is 17.9 Å². The third-order valence-electron chi connectivity index (χ3n) is 3.24. The van der Waals surface area contributed by atoms with Crippen LogP contribution in [0.5, 0.6) is 0 Å². The Kier molecular flexibility index (Phi) is 4.81. The molecule has 0 saturated carbocycles. The maximum Gasteiger partial charge on any atom is 0.251 e. The van der Waals surface area contributed by atoms with Crippen molar-refractivity contribution >= 4 is 17.3 Å². The van der Waals surface area contributed by atoms with Crippen molar-refractivity contribution in [2.24, 2.45) is 0 Å². The van der Waals surface area contributed by atoms with E-state index in [0.29, 0.717) is 17.8 Å². The molecule has 21 heavy (non-hydrogen) atoms. The van der Waals surface area contributed by atoms with Crippen LogP contribution < -0.4 is 16.4 Å². The summed E-state index contributed by atoms with van der Waals surface area (Å²) in [6, 6.07) is 5.32. The number of H-pyrrole nitrogens is 1. The minimum absolute atomic E-state index is 0.0534. The van der Waals surface area contributed by atoms with Crippen LogP contribution in [0.25, 0.3) is 0 Å². The van der Waals surface area contributed by atoms with Gasteiger partial charge in [-0.1, -0.05) is 6.92 Å². The van der Waals surface area contributed by atoms with Crippen LogP contribution in [0.1, 0.15) is 42.5 Å². The first-order valence-electron chi connectivity index (χ1n) is 7.09. The summed E-state index contributed by atoms with van der Waals surface area (Å²) >= 11 is 0. The third-order valence-corrected chi connectivity index (χ3v) is 3.24. The number of aromatic nitrogens is 2. The van der Waals surface area contributed by atoms with Gasteiger partial charge in [-0.05, 0) is 31.5 Å². The molecule has 1 aromatic carbocycles.